The van der Waals surface area contributed by atoms with Gasteiger partial charge in [-0.15, -0.1) is 12.4 Å². The van der Waals surface area contributed by atoms with Crippen LogP contribution in [0.2, 0.25) is 0 Å². The van der Waals surface area contributed by atoms with Crippen molar-refractivity contribution in [2.75, 3.05) is 19.6 Å². The van der Waals surface area contributed by atoms with Crippen molar-refractivity contribution in [3.8, 4) is 0 Å². The molecule has 1 aliphatic heterocycles. The summed E-state index contributed by atoms with van der Waals surface area (Å²) in [6.07, 6.45) is 11.2. The smallest absolute Gasteiger partial charge is 0.0925 e. The van der Waals surface area contributed by atoms with Crippen LogP contribution in [-0.4, -0.2) is 36.0 Å². The SMILES string of the molecule is Cl.OC(CCCN1C=NCCC1)(c1ccccc1)C1CCCCC1. The maximum absolute atomic E-state index is 11.6. The van der Waals surface area contributed by atoms with E-state index >= 15 is 0 Å². The molecule has 1 aromatic rings. The number of halogens is 1. The van der Waals surface area contributed by atoms with Crippen molar-refractivity contribution in [1.82, 2.24) is 4.90 Å². The lowest BCUT2D eigenvalue weighted by molar-refractivity contribution is -0.0483. The number of aliphatic hydroxyl groups is 1. The molecule has 0 spiro atoms. The van der Waals surface area contributed by atoms with Gasteiger partial charge in [0.25, 0.3) is 0 Å². The molecule has 0 bridgehead atoms. The molecular formula is C20H31ClN2O. The second-order valence-corrected chi connectivity index (χ2v) is 7.14. The van der Waals surface area contributed by atoms with Crippen LogP contribution >= 0.6 is 12.4 Å². The normalized spacial score (nSPS) is 21.1. The van der Waals surface area contributed by atoms with Crippen molar-refractivity contribution in [3.63, 3.8) is 0 Å². The van der Waals surface area contributed by atoms with Crippen LogP contribution in [-0.2, 0) is 5.60 Å². The van der Waals surface area contributed by atoms with Crippen LogP contribution in [0.15, 0.2) is 35.3 Å². The quantitative estimate of drug-likeness (QED) is 0.825. The Hall–Kier alpha value is -1.06. The molecule has 4 heteroatoms. The molecule has 1 heterocycles. The minimum Gasteiger partial charge on any atom is -0.385 e. The van der Waals surface area contributed by atoms with Crippen LogP contribution in [0.3, 0.4) is 0 Å². The summed E-state index contributed by atoms with van der Waals surface area (Å²) in [5.41, 5.74) is 0.452. The second kappa shape index (κ2) is 9.43. The Labute approximate surface area is 152 Å². The Morgan fingerprint density at radius 1 is 1.08 bits per heavy atom. The van der Waals surface area contributed by atoms with Gasteiger partial charge in [0.1, 0.15) is 0 Å². The summed E-state index contributed by atoms with van der Waals surface area (Å²) >= 11 is 0. The fourth-order valence-electron chi connectivity index (χ4n) is 4.21. The van der Waals surface area contributed by atoms with E-state index in [-0.39, 0.29) is 12.4 Å². The molecule has 0 amide bonds. The first-order chi connectivity index (χ1) is 11.3. The predicted molar refractivity (Wildman–Crippen MR) is 103 cm³/mol. The van der Waals surface area contributed by atoms with Gasteiger partial charge in [-0.3, -0.25) is 4.99 Å². The number of rotatable bonds is 6. The maximum atomic E-state index is 11.6. The molecule has 1 aliphatic carbocycles. The number of benzene rings is 1. The fourth-order valence-corrected chi connectivity index (χ4v) is 4.21. The second-order valence-electron chi connectivity index (χ2n) is 7.14. The standard InChI is InChI=1S/C20H30N2O.ClH/c23-20(18-9-3-1-4-10-18,19-11-5-2-6-12-19)13-7-15-22-16-8-14-21-17-22;/h1,3-4,9-10,17,19,23H,2,5-8,11-16H2;1H. The molecule has 1 atom stereocenters. The summed E-state index contributed by atoms with van der Waals surface area (Å²) in [6.45, 7) is 3.08. The molecule has 1 saturated carbocycles. The molecule has 24 heavy (non-hydrogen) atoms. The van der Waals surface area contributed by atoms with Gasteiger partial charge in [-0.2, -0.15) is 0 Å². The van der Waals surface area contributed by atoms with Crippen LogP contribution in [0.1, 0.15) is 56.9 Å². The highest BCUT2D eigenvalue weighted by molar-refractivity contribution is 5.85. The third-order valence-electron chi connectivity index (χ3n) is 5.53. The van der Waals surface area contributed by atoms with E-state index in [0.717, 1.165) is 57.3 Å². The van der Waals surface area contributed by atoms with Crippen LogP contribution in [0.4, 0.5) is 0 Å². The van der Waals surface area contributed by atoms with Gasteiger partial charge >= 0.3 is 0 Å². The van der Waals surface area contributed by atoms with Gasteiger partial charge in [0.05, 0.1) is 11.9 Å². The monoisotopic (exact) mass is 350 g/mol. The van der Waals surface area contributed by atoms with Crippen LogP contribution in [0.5, 0.6) is 0 Å². The highest BCUT2D eigenvalue weighted by Gasteiger charge is 2.38. The van der Waals surface area contributed by atoms with E-state index in [1.807, 2.05) is 12.4 Å². The molecular weight excluding hydrogens is 320 g/mol. The van der Waals surface area contributed by atoms with Gasteiger partial charge in [0, 0.05) is 19.6 Å². The van der Waals surface area contributed by atoms with Gasteiger partial charge in [0.2, 0.25) is 0 Å². The van der Waals surface area contributed by atoms with E-state index in [1.54, 1.807) is 0 Å². The molecule has 0 saturated heterocycles. The Balaban J connectivity index is 0.00000208. The van der Waals surface area contributed by atoms with Crippen LogP contribution < -0.4 is 0 Å². The molecule has 1 unspecified atom stereocenters. The van der Waals surface area contributed by atoms with E-state index < -0.39 is 5.60 Å². The Kier molecular flexibility index (Phi) is 7.57. The molecule has 0 radical (unpaired) electrons. The van der Waals surface area contributed by atoms with Crippen LogP contribution in [0.25, 0.3) is 0 Å². The lowest BCUT2D eigenvalue weighted by Crippen LogP contribution is -2.38. The molecule has 1 fully saturated rings. The first kappa shape index (κ1) is 19.3. The molecule has 1 N–H and O–H groups in total. The largest absolute Gasteiger partial charge is 0.385 e. The first-order valence-corrected chi connectivity index (χ1v) is 9.31. The minimum atomic E-state index is -0.658. The minimum absolute atomic E-state index is 0. The lowest BCUT2D eigenvalue weighted by atomic mass is 9.71. The van der Waals surface area contributed by atoms with Crippen molar-refractivity contribution in [3.05, 3.63) is 35.9 Å². The van der Waals surface area contributed by atoms with E-state index in [2.05, 4.69) is 34.2 Å². The van der Waals surface area contributed by atoms with E-state index in [1.165, 1.54) is 19.3 Å². The van der Waals surface area contributed by atoms with E-state index in [4.69, 9.17) is 0 Å². The van der Waals surface area contributed by atoms with Gasteiger partial charge in [-0.25, -0.2) is 0 Å². The summed E-state index contributed by atoms with van der Waals surface area (Å²) in [4.78, 5) is 6.66. The Morgan fingerprint density at radius 2 is 1.83 bits per heavy atom. The van der Waals surface area contributed by atoms with Crippen molar-refractivity contribution in [2.24, 2.45) is 10.9 Å². The van der Waals surface area contributed by atoms with Crippen molar-refractivity contribution in [1.29, 1.82) is 0 Å². The number of hydrogen-bond acceptors (Lipinski definition) is 3. The average molecular weight is 351 g/mol. The van der Waals surface area contributed by atoms with E-state index in [0.29, 0.717) is 5.92 Å². The zero-order valence-electron chi connectivity index (χ0n) is 14.6. The average Bonchev–Trinajstić information content (AvgIpc) is 2.64. The third-order valence-corrected chi connectivity index (χ3v) is 5.53. The number of nitrogens with zero attached hydrogens (tertiary/aromatic N) is 2. The molecule has 3 rings (SSSR count). The van der Waals surface area contributed by atoms with Gasteiger partial charge < -0.3 is 10.0 Å². The summed E-state index contributed by atoms with van der Waals surface area (Å²) in [5, 5.41) is 11.6. The predicted octanol–water partition coefficient (Wildman–Crippen LogP) is 4.39. The lowest BCUT2D eigenvalue weighted by Gasteiger charge is -2.39. The van der Waals surface area contributed by atoms with Crippen molar-refractivity contribution >= 4 is 18.7 Å². The third kappa shape index (κ3) is 4.73. The maximum Gasteiger partial charge on any atom is 0.0925 e. The van der Waals surface area contributed by atoms with Crippen molar-refractivity contribution < 1.29 is 5.11 Å². The Bertz CT molecular complexity index is 502. The topological polar surface area (TPSA) is 35.8 Å². The summed E-state index contributed by atoms with van der Waals surface area (Å²) < 4.78 is 0. The van der Waals surface area contributed by atoms with Gasteiger partial charge in [-0.05, 0) is 43.6 Å². The fraction of sp³-hybridized carbons (Fsp3) is 0.650. The summed E-state index contributed by atoms with van der Waals surface area (Å²) in [6, 6.07) is 10.4. The van der Waals surface area contributed by atoms with Crippen molar-refractivity contribution in [2.45, 2.75) is 57.0 Å². The summed E-state index contributed by atoms with van der Waals surface area (Å²) in [7, 11) is 0. The number of aliphatic imine (C=N–C) groups is 1. The summed E-state index contributed by atoms with van der Waals surface area (Å²) in [5.74, 6) is 0.411. The number of hydrogen-bond donors (Lipinski definition) is 1. The molecule has 0 aromatic heterocycles. The molecule has 134 valence electrons. The highest BCUT2D eigenvalue weighted by Crippen LogP contribution is 2.42. The highest BCUT2D eigenvalue weighted by atomic mass is 35.5. The first-order valence-electron chi connectivity index (χ1n) is 9.31. The molecule has 3 nitrogen and oxygen atoms in total. The van der Waals surface area contributed by atoms with Gasteiger partial charge in [0.15, 0.2) is 0 Å². The van der Waals surface area contributed by atoms with E-state index in [9.17, 15) is 5.11 Å². The zero-order valence-corrected chi connectivity index (χ0v) is 15.4. The molecule has 2 aliphatic rings. The Morgan fingerprint density at radius 3 is 2.50 bits per heavy atom. The molecule has 1 aromatic carbocycles. The van der Waals surface area contributed by atoms with Gasteiger partial charge in [-0.1, -0.05) is 49.6 Å². The van der Waals surface area contributed by atoms with Crippen LogP contribution in [0, 0.1) is 5.92 Å². The zero-order chi connectivity index (χ0) is 16.0.